The van der Waals surface area contributed by atoms with E-state index < -0.39 is 6.04 Å². The molecule has 2 aromatic rings. The summed E-state index contributed by atoms with van der Waals surface area (Å²) in [5.74, 6) is 6.81. The molecule has 1 unspecified atom stereocenters. The highest BCUT2D eigenvalue weighted by molar-refractivity contribution is 5.38. The Morgan fingerprint density at radius 2 is 2.05 bits per heavy atom. The van der Waals surface area contributed by atoms with E-state index in [0.29, 0.717) is 11.3 Å². The molecule has 1 atom stereocenters. The number of furan rings is 1. The number of hydrogen-bond acceptors (Lipinski definition) is 3. The van der Waals surface area contributed by atoms with Gasteiger partial charge in [-0.05, 0) is 43.2 Å². The molecule has 2 rings (SSSR count). The predicted octanol–water partition coefficient (Wildman–Crippen LogP) is 3.15. The monoisotopic (exact) mass is 262 g/mol. The third-order valence-electron chi connectivity index (χ3n) is 3.25. The number of halogens is 1. The molecule has 0 aliphatic rings. The molecule has 1 heterocycles. The molecule has 19 heavy (non-hydrogen) atoms. The van der Waals surface area contributed by atoms with Crippen molar-refractivity contribution < 1.29 is 8.81 Å². The first kappa shape index (κ1) is 13.8. The number of hydrazine groups is 1. The van der Waals surface area contributed by atoms with Gasteiger partial charge in [0.05, 0.1) is 0 Å². The minimum atomic E-state index is -0.471. The lowest BCUT2D eigenvalue weighted by Gasteiger charge is -2.18. The van der Waals surface area contributed by atoms with Gasteiger partial charge in [-0.1, -0.05) is 13.0 Å². The molecule has 0 bridgehead atoms. The summed E-state index contributed by atoms with van der Waals surface area (Å²) in [4.78, 5) is 0. The Balaban J connectivity index is 2.47. The van der Waals surface area contributed by atoms with E-state index in [-0.39, 0.29) is 5.82 Å². The molecular weight excluding hydrogens is 243 g/mol. The van der Waals surface area contributed by atoms with Crippen LogP contribution in [0.1, 0.15) is 41.2 Å². The van der Waals surface area contributed by atoms with Crippen molar-refractivity contribution in [1.29, 1.82) is 0 Å². The predicted molar refractivity (Wildman–Crippen MR) is 73.1 cm³/mol. The van der Waals surface area contributed by atoms with Crippen LogP contribution in [0.3, 0.4) is 0 Å². The molecule has 0 amide bonds. The Kier molecular flexibility index (Phi) is 4.02. The zero-order valence-electron chi connectivity index (χ0n) is 11.5. The molecule has 4 heteroatoms. The highest BCUT2D eigenvalue weighted by atomic mass is 19.1. The Hall–Kier alpha value is -1.65. The molecule has 0 saturated heterocycles. The Morgan fingerprint density at radius 1 is 1.32 bits per heavy atom. The SMILES string of the molecule is CCc1ccc(C(NN)c2c(C)cc(C)cc2F)o1. The van der Waals surface area contributed by atoms with Crippen LogP contribution in [0.5, 0.6) is 0 Å². The van der Waals surface area contributed by atoms with Crippen LogP contribution < -0.4 is 11.3 Å². The minimum Gasteiger partial charge on any atom is -0.464 e. The van der Waals surface area contributed by atoms with Crippen LogP contribution in [-0.4, -0.2) is 0 Å². The van der Waals surface area contributed by atoms with Gasteiger partial charge >= 0.3 is 0 Å². The van der Waals surface area contributed by atoms with Gasteiger partial charge in [0, 0.05) is 12.0 Å². The largest absolute Gasteiger partial charge is 0.464 e. The smallest absolute Gasteiger partial charge is 0.129 e. The first-order chi connectivity index (χ1) is 9.06. The molecule has 0 fully saturated rings. The summed E-state index contributed by atoms with van der Waals surface area (Å²) in [5.41, 5.74) is 4.92. The normalized spacial score (nSPS) is 12.7. The van der Waals surface area contributed by atoms with Gasteiger partial charge in [0.25, 0.3) is 0 Å². The van der Waals surface area contributed by atoms with Crippen molar-refractivity contribution >= 4 is 0 Å². The van der Waals surface area contributed by atoms with Gasteiger partial charge in [0.15, 0.2) is 0 Å². The van der Waals surface area contributed by atoms with Crippen molar-refractivity contribution in [1.82, 2.24) is 5.43 Å². The fraction of sp³-hybridized carbons (Fsp3) is 0.333. The van der Waals surface area contributed by atoms with Gasteiger partial charge in [0.2, 0.25) is 0 Å². The fourth-order valence-electron chi connectivity index (χ4n) is 2.34. The van der Waals surface area contributed by atoms with Crippen molar-refractivity contribution in [2.24, 2.45) is 5.84 Å². The quantitative estimate of drug-likeness (QED) is 0.657. The molecule has 0 saturated carbocycles. The maximum atomic E-state index is 14.2. The standard InChI is InChI=1S/C15H19FN2O/c1-4-11-5-6-13(19-11)15(18-17)14-10(3)7-9(2)8-12(14)16/h5-8,15,18H,4,17H2,1-3H3. The Labute approximate surface area is 112 Å². The molecule has 3 N–H and O–H groups in total. The number of hydrogen-bond donors (Lipinski definition) is 2. The third kappa shape index (κ3) is 2.69. The zero-order chi connectivity index (χ0) is 14.0. The molecule has 1 aromatic carbocycles. The van der Waals surface area contributed by atoms with E-state index in [1.54, 1.807) is 0 Å². The van der Waals surface area contributed by atoms with E-state index >= 15 is 0 Å². The van der Waals surface area contributed by atoms with Gasteiger partial charge in [-0.2, -0.15) is 0 Å². The van der Waals surface area contributed by atoms with Crippen LogP contribution in [0, 0.1) is 19.7 Å². The van der Waals surface area contributed by atoms with Crippen LogP contribution in [-0.2, 0) is 6.42 Å². The van der Waals surface area contributed by atoms with Crippen molar-refractivity contribution in [3.8, 4) is 0 Å². The maximum absolute atomic E-state index is 14.2. The Bertz CT molecular complexity index is 554. The fourth-order valence-corrected chi connectivity index (χ4v) is 2.34. The van der Waals surface area contributed by atoms with E-state index in [9.17, 15) is 4.39 Å². The minimum absolute atomic E-state index is 0.269. The van der Waals surface area contributed by atoms with Crippen LogP contribution in [0.15, 0.2) is 28.7 Å². The lowest BCUT2D eigenvalue weighted by atomic mass is 9.97. The first-order valence-corrected chi connectivity index (χ1v) is 6.38. The van der Waals surface area contributed by atoms with Gasteiger partial charge in [-0.3, -0.25) is 5.84 Å². The van der Waals surface area contributed by atoms with Crippen LogP contribution in [0.25, 0.3) is 0 Å². The van der Waals surface area contributed by atoms with Crippen molar-refractivity contribution in [2.75, 3.05) is 0 Å². The molecular formula is C15H19FN2O. The molecule has 1 aromatic heterocycles. The number of aryl methyl sites for hydroxylation is 3. The molecule has 3 nitrogen and oxygen atoms in total. The van der Waals surface area contributed by atoms with E-state index in [4.69, 9.17) is 10.3 Å². The summed E-state index contributed by atoms with van der Waals surface area (Å²) in [5, 5.41) is 0. The van der Waals surface area contributed by atoms with Crippen LogP contribution in [0.4, 0.5) is 4.39 Å². The summed E-state index contributed by atoms with van der Waals surface area (Å²) in [7, 11) is 0. The lowest BCUT2D eigenvalue weighted by molar-refractivity contribution is 0.417. The van der Waals surface area contributed by atoms with Gasteiger partial charge in [0.1, 0.15) is 23.4 Å². The second kappa shape index (κ2) is 5.55. The van der Waals surface area contributed by atoms with Crippen LogP contribution >= 0.6 is 0 Å². The summed E-state index contributed by atoms with van der Waals surface area (Å²) < 4.78 is 19.9. The van der Waals surface area contributed by atoms with E-state index in [0.717, 1.165) is 23.3 Å². The number of benzene rings is 1. The lowest BCUT2D eigenvalue weighted by Crippen LogP contribution is -2.30. The third-order valence-corrected chi connectivity index (χ3v) is 3.25. The average Bonchev–Trinajstić information content (AvgIpc) is 2.81. The number of nitrogens with two attached hydrogens (primary N) is 1. The van der Waals surface area contributed by atoms with Crippen LogP contribution in [0.2, 0.25) is 0 Å². The van der Waals surface area contributed by atoms with Gasteiger partial charge in [-0.25, -0.2) is 9.82 Å². The molecule has 102 valence electrons. The molecule has 0 aliphatic heterocycles. The summed E-state index contributed by atoms with van der Waals surface area (Å²) in [6, 6.07) is 6.70. The molecule has 0 spiro atoms. The Morgan fingerprint density at radius 3 is 2.58 bits per heavy atom. The van der Waals surface area contributed by atoms with Crippen molar-refractivity contribution in [2.45, 2.75) is 33.2 Å². The van der Waals surface area contributed by atoms with E-state index in [2.05, 4.69) is 5.43 Å². The van der Waals surface area contributed by atoms with Crippen molar-refractivity contribution in [3.63, 3.8) is 0 Å². The second-order valence-corrected chi connectivity index (χ2v) is 4.73. The molecule has 0 radical (unpaired) electrons. The van der Waals surface area contributed by atoms with Crippen molar-refractivity contribution in [3.05, 3.63) is 58.3 Å². The second-order valence-electron chi connectivity index (χ2n) is 4.73. The number of rotatable bonds is 4. The van der Waals surface area contributed by atoms with Gasteiger partial charge < -0.3 is 4.42 Å². The number of nitrogens with one attached hydrogen (secondary N) is 1. The van der Waals surface area contributed by atoms with E-state index in [1.165, 1.54) is 6.07 Å². The maximum Gasteiger partial charge on any atom is 0.129 e. The highest BCUT2D eigenvalue weighted by Gasteiger charge is 2.22. The molecule has 0 aliphatic carbocycles. The zero-order valence-corrected chi connectivity index (χ0v) is 11.5. The average molecular weight is 262 g/mol. The highest BCUT2D eigenvalue weighted by Crippen LogP contribution is 2.29. The summed E-state index contributed by atoms with van der Waals surface area (Å²) in [6.45, 7) is 5.75. The van der Waals surface area contributed by atoms with E-state index in [1.807, 2.05) is 39.0 Å². The summed E-state index contributed by atoms with van der Waals surface area (Å²) >= 11 is 0. The summed E-state index contributed by atoms with van der Waals surface area (Å²) in [6.07, 6.45) is 0.798. The topological polar surface area (TPSA) is 51.2 Å². The first-order valence-electron chi connectivity index (χ1n) is 6.38. The van der Waals surface area contributed by atoms with Gasteiger partial charge in [-0.15, -0.1) is 0 Å².